The first-order chi connectivity index (χ1) is 9.72. The predicted molar refractivity (Wildman–Crippen MR) is 76.8 cm³/mol. The molecule has 0 bridgehead atoms. The highest BCUT2D eigenvalue weighted by atomic mass is 32.1. The number of ether oxygens (including phenoxy) is 1. The third-order valence-corrected chi connectivity index (χ3v) is 4.35. The van der Waals surface area contributed by atoms with Crippen molar-refractivity contribution < 1.29 is 4.74 Å². The van der Waals surface area contributed by atoms with Crippen molar-refractivity contribution in [3.63, 3.8) is 0 Å². The van der Waals surface area contributed by atoms with E-state index in [4.69, 9.17) is 15.7 Å². The summed E-state index contributed by atoms with van der Waals surface area (Å²) in [5.41, 5.74) is 7.60. The molecule has 0 fully saturated rings. The van der Waals surface area contributed by atoms with Crippen LogP contribution in [-0.4, -0.2) is 23.6 Å². The fourth-order valence-electron chi connectivity index (χ4n) is 2.32. The number of hydrogen-bond acceptors (Lipinski definition) is 7. The molecule has 3 heterocycles. The smallest absolute Gasteiger partial charge is 0.228 e. The molecule has 0 atom stereocenters. The molecule has 0 aliphatic carbocycles. The Kier molecular flexibility index (Phi) is 3.16. The highest BCUT2D eigenvalue weighted by Crippen LogP contribution is 2.35. The van der Waals surface area contributed by atoms with Gasteiger partial charge in [0.2, 0.25) is 11.8 Å². The average Bonchev–Trinajstić information content (AvgIpc) is 2.81. The third-order valence-electron chi connectivity index (χ3n) is 3.31. The van der Waals surface area contributed by atoms with E-state index >= 15 is 0 Å². The van der Waals surface area contributed by atoms with Gasteiger partial charge in [-0.05, 0) is 12.0 Å². The number of nitrogen functional groups attached to an aromatic ring is 1. The molecule has 0 spiro atoms. The molecule has 102 valence electrons. The lowest BCUT2D eigenvalue weighted by molar-refractivity contribution is 0.396. The highest BCUT2D eigenvalue weighted by Gasteiger charge is 2.24. The SMILES string of the molecule is COc1ccnc(N2CCc3c(sc(N)c3C#N)C2)n1. The van der Waals surface area contributed by atoms with E-state index in [9.17, 15) is 0 Å². The van der Waals surface area contributed by atoms with Gasteiger partial charge in [-0.25, -0.2) is 4.98 Å². The van der Waals surface area contributed by atoms with E-state index in [-0.39, 0.29) is 0 Å². The standard InChI is InChI=1S/C13H13N5OS/c1-19-11-2-4-16-13(17-11)18-5-3-8-9(6-14)12(15)20-10(8)7-18/h2,4H,3,5,7,15H2,1H3. The second-order valence-electron chi connectivity index (χ2n) is 4.43. The summed E-state index contributed by atoms with van der Waals surface area (Å²) in [4.78, 5) is 11.8. The molecule has 3 rings (SSSR count). The molecule has 1 aliphatic heterocycles. The van der Waals surface area contributed by atoms with Crippen molar-refractivity contribution in [2.75, 3.05) is 24.3 Å². The van der Waals surface area contributed by atoms with E-state index in [1.165, 1.54) is 11.3 Å². The minimum atomic E-state index is 0.546. The minimum absolute atomic E-state index is 0.546. The minimum Gasteiger partial charge on any atom is -0.481 e. The zero-order valence-corrected chi connectivity index (χ0v) is 11.8. The molecular formula is C13H13N5OS. The fourth-order valence-corrected chi connectivity index (χ4v) is 3.40. The number of thiophene rings is 1. The van der Waals surface area contributed by atoms with Crippen LogP contribution in [0.25, 0.3) is 0 Å². The Bertz CT molecular complexity index is 691. The summed E-state index contributed by atoms with van der Waals surface area (Å²) in [5.74, 6) is 1.18. The van der Waals surface area contributed by atoms with Gasteiger partial charge in [-0.15, -0.1) is 11.3 Å². The molecule has 0 aromatic carbocycles. The van der Waals surface area contributed by atoms with Gasteiger partial charge in [0.1, 0.15) is 11.1 Å². The maximum absolute atomic E-state index is 9.14. The Labute approximate surface area is 120 Å². The lowest BCUT2D eigenvalue weighted by atomic mass is 10.0. The molecule has 0 saturated heterocycles. The average molecular weight is 287 g/mol. The van der Waals surface area contributed by atoms with Gasteiger partial charge in [-0.2, -0.15) is 10.2 Å². The number of fused-ring (bicyclic) bond motifs is 1. The topological polar surface area (TPSA) is 88.1 Å². The number of aromatic nitrogens is 2. The number of nitrogens with zero attached hydrogens (tertiary/aromatic N) is 4. The van der Waals surface area contributed by atoms with Crippen LogP contribution in [0.4, 0.5) is 10.9 Å². The first-order valence-electron chi connectivity index (χ1n) is 6.15. The Morgan fingerprint density at radius 1 is 1.55 bits per heavy atom. The monoisotopic (exact) mass is 287 g/mol. The van der Waals surface area contributed by atoms with Gasteiger partial charge >= 0.3 is 0 Å². The van der Waals surface area contributed by atoms with Crippen LogP contribution in [0.3, 0.4) is 0 Å². The number of anilines is 2. The number of hydrogen-bond donors (Lipinski definition) is 1. The van der Waals surface area contributed by atoms with E-state index in [0.29, 0.717) is 28.9 Å². The Hall–Kier alpha value is -2.33. The van der Waals surface area contributed by atoms with Gasteiger partial charge < -0.3 is 15.4 Å². The Balaban J connectivity index is 1.90. The second-order valence-corrected chi connectivity index (χ2v) is 5.56. The lowest BCUT2D eigenvalue weighted by Gasteiger charge is -2.26. The van der Waals surface area contributed by atoms with Crippen LogP contribution >= 0.6 is 11.3 Å². The van der Waals surface area contributed by atoms with Crippen molar-refractivity contribution in [1.82, 2.24) is 9.97 Å². The molecule has 0 unspecified atom stereocenters. The van der Waals surface area contributed by atoms with Crippen LogP contribution in [0.1, 0.15) is 16.0 Å². The quantitative estimate of drug-likeness (QED) is 0.902. The zero-order chi connectivity index (χ0) is 14.1. The molecule has 1 aliphatic rings. The lowest BCUT2D eigenvalue weighted by Crippen LogP contribution is -2.31. The third kappa shape index (κ3) is 2.04. The van der Waals surface area contributed by atoms with Crippen LogP contribution in [0.15, 0.2) is 12.3 Å². The van der Waals surface area contributed by atoms with Gasteiger partial charge in [-0.1, -0.05) is 0 Å². The normalized spacial score (nSPS) is 13.7. The number of rotatable bonds is 2. The van der Waals surface area contributed by atoms with E-state index in [1.807, 2.05) is 0 Å². The molecular weight excluding hydrogens is 274 g/mol. The van der Waals surface area contributed by atoms with Crippen molar-refractivity contribution in [2.24, 2.45) is 0 Å². The van der Waals surface area contributed by atoms with E-state index in [2.05, 4.69) is 20.9 Å². The first-order valence-corrected chi connectivity index (χ1v) is 6.96. The summed E-state index contributed by atoms with van der Waals surface area (Å²) in [5, 5.41) is 9.74. The van der Waals surface area contributed by atoms with Gasteiger partial charge in [0.05, 0.1) is 19.2 Å². The largest absolute Gasteiger partial charge is 0.481 e. The predicted octanol–water partition coefficient (Wildman–Crippen LogP) is 1.56. The van der Waals surface area contributed by atoms with Crippen LogP contribution in [0.2, 0.25) is 0 Å². The maximum Gasteiger partial charge on any atom is 0.228 e. The highest BCUT2D eigenvalue weighted by molar-refractivity contribution is 7.16. The number of nitrogens with two attached hydrogens (primary N) is 1. The van der Waals surface area contributed by atoms with E-state index < -0.39 is 0 Å². The van der Waals surface area contributed by atoms with Crippen LogP contribution in [-0.2, 0) is 13.0 Å². The van der Waals surface area contributed by atoms with Crippen LogP contribution in [0.5, 0.6) is 5.88 Å². The maximum atomic E-state index is 9.14. The molecule has 0 saturated carbocycles. The Morgan fingerprint density at radius 2 is 2.40 bits per heavy atom. The summed E-state index contributed by atoms with van der Waals surface area (Å²) < 4.78 is 5.12. The van der Waals surface area contributed by atoms with E-state index in [1.54, 1.807) is 19.4 Å². The van der Waals surface area contributed by atoms with Gasteiger partial charge in [0.25, 0.3) is 0 Å². The summed E-state index contributed by atoms with van der Waals surface area (Å²) in [6, 6.07) is 3.91. The van der Waals surface area contributed by atoms with Crippen molar-refractivity contribution >= 4 is 22.3 Å². The Morgan fingerprint density at radius 3 is 3.15 bits per heavy atom. The zero-order valence-electron chi connectivity index (χ0n) is 11.0. The van der Waals surface area contributed by atoms with Gasteiger partial charge in [0, 0.05) is 23.7 Å². The molecule has 2 aromatic rings. The first kappa shape index (κ1) is 12.7. The molecule has 2 aromatic heterocycles. The fraction of sp³-hybridized carbons (Fsp3) is 0.308. The van der Waals surface area contributed by atoms with Crippen molar-refractivity contribution in [2.45, 2.75) is 13.0 Å². The summed E-state index contributed by atoms with van der Waals surface area (Å²) in [7, 11) is 1.58. The van der Waals surface area contributed by atoms with Crippen LogP contribution < -0.4 is 15.4 Å². The number of nitriles is 1. The van der Waals surface area contributed by atoms with E-state index in [0.717, 1.165) is 23.4 Å². The molecule has 6 nitrogen and oxygen atoms in total. The van der Waals surface area contributed by atoms with Crippen molar-refractivity contribution in [3.05, 3.63) is 28.3 Å². The van der Waals surface area contributed by atoms with Crippen molar-refractivity contribution in [1.29, 1.82) is 5.26 Å². The molecule has 2 N–H and O–H groups in total. The number of methoxy groups -OCH3 is 1. The van der Waals surface area contributed by atoms with Gasteiger partial charge in [-0.3, -0.25) is 0 Å². The summed E-state index contributed by atoms with van der Waals surface area (Å²) in [6.07, 6.45) is 2.46. The second kappa shape index (κ2) is 4.98. The van der Waals surface area contributed by atoms with Crippen LogP contribution in [0, 0.1) is 11.3 Å². The van der Waals surface area contributed by atoms with Crippen molar-refractivity contribution in [3.8, 4) is 11.9 Å². The molecule has 0 radical (unpaired) electrons. The summed E-state index contributed by atoms with van der Waals surface area (Å²) in [6.45, 7) is 1.45. The van der Waals surface area contributed by atoms with Gasteiger partial charge in [0.15, 0.2) is 0 Å². The summed E-state index contributed by atoms with van der Waals surface area (Å²) >= 11 is 1.48. The molecule has 7 heteroatoms. The molecule has 20 heavy (non-hydrogen) atoms. The molecule has 0 amide bonds.